The lowest BCUT2D eigenvalue weighted by molar-refractivity contribution is -0.123. The highest BCUT2D eigenvalue weighted by atomic mass is 16.3. The standard InChI is InChI=1S/C23H30N2O2/c26-15-18(27)14-24-11-12-25-21-10-9-17(16-5-2-1-3-6-16)13-20(21)19-7-4-8-22(24)23(19)25/h9-10,13,16,22,26H,1-8,11-12,14-15H2/t22-/m1/s1. The lowest BCUT2D eigenvalue weighted by atomic mass is 9.83. The molecule has 1 atom stereocenters. The molecule has 2 aromatic rings. The Morgan fingerprint density at radius 1 is 1.07 bits per heavy atom. The third-order valence-corrected chi connectivity index (χ3v) is 7.14. The third-order valence-electron chi connectivity index (χ3n) is 7.14. The Labute approximate surface area is 161 Å². The van der Waals surface area contributed by atoms with Crippen molar-refractivity contribution in [2.45, 2.75) is 69.9 Å². The molecule has 5 rings (SSSR count). The van der Waals surface area contributed by atoms with Crippen LogP contribution in [0.4, 0.5) is 0 Å². The average molecular weight is 367 g/mol. The van der Waals surface area contributed by atoms with Gasteiger partial charge >= 0.3 is 0 Å². The zero-order valence-corrected chi connectivity index (χ0v) is 16.1. The lowest BCUT2D eigenvalue weighted by Gasteiger charge is -2.39. The number of nitrogens with zero attached hydrogens (tertiary/aromatic N) is 2. The maximum absolute atomic E-state index is 11.8. The van der Waals surface area contributed by atoms with Crippen LogP contribution in [0.1, 0.15) is 73.7 Å². The van der Waals surface area contributed by atoms with Crippen LogP contribution in [-0.2, 0) is 17.8 Å². The van der Waals surface area contributed by atoms with Crippen LogP contribution in [0.15, 0.2) is 18.2 Å². The van der Waals surface area contributed by atoms with Gasteiger partial charge in [0.1, 0.15) is 6.61 Å². The van der Waals surface area contributed by atoms with E-state index in [-0.39, 0.29) is 12.4 Å². The molecule has 0 unspecified atom stereocenters. The average Bonchev–Trinajstić information content (AvgIpc) is 3.05. The Kier molecular flexibility index (Phi) is 4.57. The molecule has 1 N–H and O–H groups in total. The zero-order chi connectivity index (χ0) is 18.4. The summed E-state index contributed by atoms with van der Waals surface area (Å²) in [5, 5.41) is 10.6. The van der Waals surface area contributed by atoms with Gasteiger partial charge in [0.2, 0.25) is 0 Å². The summed E-state index contributed by atoms with van der Waals surface area (Å²) in [6, 6.07) is 7.58. The molecule has 1 aliphatic heterocycles. The second-order valence-corrected chi connectivity index (χ2v) is 8.70. The van der Waals surface area contributed by atoms with Crippen LogP contribution >= 0.6 is 0 Å². The Balaban J connectivity index is 1.55. The van der Waals surface area contributed by atoms with E-state index in [1.54, 1.807) is 0 Å². The van der Waals surface area contributed by atoms with Crippen LogP contribution in [0.25, 0.3) is 10.9 Å². The van der Waals surface area contributed by atoms with Gasteiger partial charge in [0.05, 0.1) is 12.6 Å². The van der Waals surface area contributed by atoms with Crippen molar-refractivity contribution in [3.8, 4) is 0 Å². The summed E-state index contributed by atoms with van der Waals surface area (Å²) in [7, 11) is 0. The molecule has 4 heteroatoms. The molecule has 27 heavy (non-hydrogen) atoms. The first-order chi connectivity index (χ1) is 13.3. The predicted molar refractivity (Wildman–Crippen MR) is 107 cm³/mol. The summed E-state index contributed by atoms with van der Waals surface area (Å²) in [6.45, 7) is 1.89. The van der Waals surface area contributed by atoms with Crippen LogP contribution in [-0.4, -0.2) is 40.1 Å². The number of aryl methyl sites for hydroxylation is 1. The second kappa shape index (κ2) is 7.06. The first-order valence-electron chi connectivity index (χ1n) is 10.8. The minimum Gasteiger partial charge on any atom is -0.389 e. The molecule has 144 valence electrons. The van der Waals surface area contributed by atoms with Gasteiger partial charge in [0.15, 0.2) is 5.78 Å². The maximum atomic E-state index is 11.8. The van der Waals surface area contributed by atoms with Crippen LogP contribution in [0.2, 0.25) is 0 Å². The molecule has 1 fully saturated rings. The highest BCUT2D eigenvalue weighted by molar-refractivity contribution is 5.87. The van der Waals surface area contributed by atoms with Gasteiger partial charge in [-0.1, -0.05) is 25.3 Å². The van der Waals surface area contributed by atoms with Crippen molar-refractivity contribution in [1.29, 1.82) is 0 Å². The second-order valence-electron chi connectivity index (χ2n) is 8.70. The molecule has 1 aromatic carbocycles. The number of rotatable bonds is 4. The number of carbonyl (C=O) groups excluding carboxylic acids is 1. The van der Waals surface area contributed by atoms with Crippen molar-refractivity contribution in [3.05, 3.63) is 35.0 Å². The number of hydrogen-bond donors (Lipinski definition) is 1. The number of fused-ring (bicyclic) bond motifs is 3. The molecule has 0 saturated heterocycles. The van der Waals surface area contributed by atoms with Crippen molar-refractivity contribution in [1.82, 2.24) is 9.47 Å². The number of Topliss-reactive ketones (excluding diaryl/α,β-unsaturated/α-hetero) is 1. The van der Waals surface area contributed by atoms with Crippen LogP contribution in [0, 0.1) is 0 Å². The van der Waals surface area contributed by atoms with E-state index in [2.05, 4.69) is 27.7 Å². The van der Waals surface area contributed by atoms with E-state index < -0.39 is 0 Å². The van der Waals surface area contributed by atoms with Crippen molar-refractivity contribution < 1.29 is 9.90 Å². The maximum Gasteiger partial charge on any atom is 0.172 e. The number of ketones is 1. The largest absolute Gasteiger partial charge is 0.389 e. The van der Waals surface area contributed by atoms with E-state index >= 15 is 0 Å². The molecule has 0 radical (unpaired) electrons. The monoisotopic (exact) mass is 366 g/mol. The Bertz CT molecular complexity index is 863. The first-order valence-corrected chi connectivity index (χ1v) is 10.8. The molecule has 0 amide bonds. The molecule has 1 aromatic heterocycles. The number of carbonyl (C=O) groups is 1. The Hall–Kier alpha value is -1.65. The number of aliphatic hydroxyl groups excluding tert-OH is 1. The molecule has 4 nitrogen and oxygen atoms in total. The third kappa shape index (κ3) is 2.94. The van der Waals surface area contributed by atoms with E-state index in [1.807, 2.05) is 0 Å². The fourth-order valence-electron chi connectivity index (χ4n) is 5.85. The van der Waals surface area contributed by atoms with E-state index in [0.717, 1.165) is 31.8 Å². The van der Waals surface area contributed by atoms with Crippen molar-refractivity contribution in [2.24, 2.45) is 0 Å². The van der Waals surface area contributed by atoms with E-state index in [9.17, 15) is 9.90 Å². The summed E-state index contributed by atoms with van der Waals surface area (Å²) >= 11 is 0. The van der Waals surface area contributed by atoms with E-state index in [0.29, 0.717) is 12.6 Å². The topological polar surface area (TPSA) is 45.5 Å². The van der Waals surface area contributed by atoms with Gasteiger partial charge in [-0.05, 0) is 61.3 Å². The lowest BCUT2D eigenvalue weighted by Crippen LogP contribution is -2.42. The summed E-state index contributed by atoms with van der Waals surface area (Å²) in [4.78, 5) is 14.2. The SMILES string of the molecule is O=C(CO)CN1CCn2c3c(c4cc(C5CCCCC5)ccc42)CCC[C@H]31. The number of benzene rings is 1. The number of hydrogen-bond acceptors (Lipinski definition) is 3. The van der Waals surface area contributed by atoms with Gasteiger partial charge < -0.3 is 9.67 Å². The quantitative estimate of drug-likeness (QED) is 0.891. The van der Waals surface area contributed by atoms with Gasteiger partial charge in [-0.3, -0.25) is 9.69 Å². The molecular weight excluding hydrogens is 336 g/mol. The molecule has 2 heterocycles. The van der Waals surface area contributed by atoms with Gasteiger partial charge in [-0.25, -0.2) is 0 Å². The van der Waals surface area contributed by atoms with Gasteiger partial charge in [-0.15, -0.1) is 0 Å². The fraction of sp³-hybridized carbons (Fsp3) is 0.609. The normalized spacial score (nSPS) is 23.5. The van der Waals surface area contributed by atoms with Crippen LogP contribution in [0.5, 0.6) is 0 Å². The van der Waals surface area contributed by atoms with Crippen LogP contribution < -0.4 is 0 Å². The molecule has 0 bridgehead atoms. The smallest absolute Gasteiger partial charge is 0.172 e. The summed E-state index contributed by atoms with van der Waals surface area (Å²) in [5.41, 5.74) is 5.91. The van der Waals surface area contributed by atoms with Crippen LogP contribution in [0.3, 0.4) is 0 Å². The predicted octanol–water partition coefficient (Wildman–Crippen LogP) is 3.94. The molecular formula is C23H30N2O2. The Morgan fingerprint density at radius 2 is 1.93 bits per heavy atom. The Morgan fingerprint density at radius 3 is 2.74 bits per heavy atom. The summed E-state index contributed by atoms with van der Waals surface area (Å²) < 4.78 is 2.53. The van der Waals surface area contributed by atoms with E-state index in [1.165, 1.54) is 66.2 Å². The van der Waals surface area contributed by atoms with Crippen molar-refractivity contribution >= 4 is 16.7 Å². The molecule has 1 saturated carbocycles. The highest BCUT2D eigenvalue weighted by Gasteiger charge is 2.35. The van der Waals surface area contributed by atoms with Crippen molar-refractivity contribution in [2.75, 3.05) is 19.7 Å². The minimum absolute atomic E-state index is 0.0636. The molecule has 3 aliphatic rings. The van der Waals surface area contributed by atoms with Crippen molar-refractivity contribution in [3.63, 3.8) is 0 Å². The van der Waals surface area contributed by atoms with Gasteiger partial charge in [0, 0.05) is 29.7 Å². The van der Waals surface area contributed by atoms with E-state index in [4.69, 9.17) is 0 Å². The zero-order valence-electron chi connectivity index (χ0n) is 16.1. The fourth-order valence-corrected chi connectivity index (χ4v) is 5.85. The minimum atomic E-state index is -0.343. The molecule has 2 aliphatic carbocycles. The first kappa shape index (κ1) is 17.4. The van der Waals surface area contributed by atoms with Gasteiger partial charge in [0.25, 0.3) is 0 Å². The highest BCUT2D eigenvalue weighted by Crippen LogP contribution is 2.43. The molecule has 0 spiro atoms. The number of aromatic nitrogens is 1. The summed E-state index contributed by atoms with van der Waals surface area (Å²) in [6.07, 6.45) is 10.3. The van der Waals surface area contributed by atoms with Gasteiger partial charge in [-0.2, -0.15) is 0 Å². The number of aliphatic hydroxyl groups is 1. The summed E-state index contributed by atoms with van der Waals surface area (Å²) in [5.74, 6) is 0.677.